The summed E-state index contributed by atoms with van der Waals surface area (Å²) in [4.78, 5) is 12.5. The Hall–Kier alpha value is -1.85. The summed E-state index contributed by atoms with van der Waals surface area (Å²) in [7, 11) is 0. The number of nitrogens with two attached hydrogens (primary N) is 1. The van der Waals surface area contributed by atoms with Crippen LogP contribution in [0.5, 0.6) is 0 Å². The van der Waals surface area contributed by atoms with Crippen molar-refractivity contribution in [2.75, 3.05) is 6.61 Å². The molecular formula is C16H22N2O3. The number of aromatic nitrogens is 1. The summed E-state index contributed by atoms with van der Waals surface area (Å²) in [6.07, 6.45) is -0.0198. The normalized spacial score (nSPS) is 13.4. The van der Waals surface area contributed by atoms with Crippen molar-refractivity contribution < 1.29 is 14.6 Å². The lowest BCUT2D eigenvalue weighted by molar-refractivity contribution is 0.0539. The highest BCUT2D eigenvalue weighted by Gasteiger charge is 2.22. The van der Waals surface area contributed by atoms with Crippen LogP contribution in [-0.2, 0) is 11.2 Å². The molecule has 0 bridgehead atoms. The average Bonchev–Trinajstić information content (AvgIpc) is 2.74. The molecular weight excluding hydrogens is 268 g/mol. The summed E-state index contributed by atoms with van der Waals surface area (Å²) < 4.78 is 7.00. The van der Waals surface area contributed by atoms with E-state index in [0.717, 1.165) is 16.6 Å². The first-order valence-corrected chi connectivity index (χ1v) is 7.01. The van der Waals surface area contributed by atoms with Gasteiger partial charge in [0.25, 0.3) is 0 Å². The third-order valence-corrected chi connectivity index (χ3v) is 3.07. The van der Waals surface area contributed by atoms with Crippen molar-refractivity contribution in [2.45, 2.75) is 38.8 Å². The third kappa shape index (κ3) is 3.62. The first-order chi connectivity index (χ1) is 9.81. The summed E-state index contributed by atoms with van der Waals surface area (Å²) in [5, 5.41) is 10.1. The molecule has 0 amide bonds. The van der Waals surface area contributed by atoms with E-state index in [-0.39, 0.29) is 6.61 Å². The van der Waals surface area contributed by atoms with Crippen molar-refractivity contribution in [3.05, 3.63) is 36.0 Å². The van der Waals surface area contributed by atoms with Gasteiger partial charge in [0.1, 0.15) is 5.60 Å². The second-order valence-electron chi connectivity index (χ2n) is 6.16. The molecule has 0 fully saturated rings. The van der Waals surface area contributed by atoms with Gasteiger partial charge >= 0.3 is 6.09 Å². The number of ether oxygens (including phenoxy) is 1. The fourth-order valence-corrected chi connectivity index (χ4v) is 2.22. The van der Waals surface area contributed by atoms with Gasteiger partial charge in [-0.05, 0) is 32.9 Å². The zero-order valence-corrected chi connectivity index (χ0v) is 12.7. The number of rotatable bonds is 3. The van der Waals surface area contributed by atoms with Crippen LogP contribution in [-0.4, -0.2) is 34.0 Å². The van der Waals surface area contributed by atoms with Crippen molar-refractivity contribution >= 4 is 17.0 Å². The number of benzene rings is 1. The number of hydrogen-bond acceptors (Lipinski definition) is 4. The molecule has 21 heavy (non-hydrogen) atoms. The molecule has 0 spiro atoms. The van der Waals surface area contributed by atoms with E-state index >= 15 is 0 Å². The molecule has 1 atom stereocenters. The number of para-hydroxylation sites is 1. The van der Waals surface area contributed by atoms with Crippen LogP contribution in [0.3, 0.4) is 0 Å². The molecule has 0 saturated carbocycles. The first-order valence-electron chi connectivity index (χ1n) is 7.01. The van der Waals surface area contributed by atoms with Gasteiger partial charge in [-0.2, -0.15) is 0 Å². The Labute approximate surface area is 124 Å². The molecule has 114 valence electrons. The molecule has 2 rings (SSSR count). The predicted octanol–water partition coefficient (Wildman–Crippen LogP) is 2.29. The Morgan fingerprint density at radius 2 is 2.05 bits per heavy atom. The van der Waals surface area contributed by atoms with E-state index in [2.05, 4.69) is 0 Å². The molecule has 0 unspecified atom stereocenters. The van der Waals surface area contributed by atoms with Crippen LogP contribution in [0.15, 0.2) is 30.3 Å². The standard InChI is InChI=1S/C16H22N2O3/c1-16(2,3)21-15(20)18-13(9-12(17)10-19)8-11-6-4-5-7-14(11)18/h4-8,12,19H,9-10,17H2,1-3H3/t12-/m0/s1. The van der Waals surface area contributed by atoms with Crippen molar-refractivity contribution in [1.29, 1.82) is 0 Å². The molecule has 0 aliphatic heterocycles. The maximum absolute atomic E-state index is 12.5. The number of nitrogens with zero attached hydrogens (tertiary/aromatic N) is 1. The Kier molecular flexibility index (Phi) is 4.34. The molecule has 5 nitrogen and oxygen atoms in total. The van der Waals surface area contributed by atoms with Gasteiger partial charge in [0.2, 0.25) is 0 Å². The molecule has 0 radical (unpaired) electrons. The van der Waals surface area contributed by atoms with Crippen LogP contribution >= 0.6 is 0 Å². The van der Waals surface area contributed by atoms with Gasteiger partial charge in [-0.15, -0.1) is 0 Å². The number of aliphatic hydroxyl groups is 1. The van der Waals surface area contributed by atoms with Gasteiger partial charge in [-0.1, -0.05) is 18.2 Å². The molecule has 0 saturated heterocycles. The lowest BCUT2D eigenvalue weighted by atomic mass is 10.1. The summed E-state index contributed by atoms with van der Waals surface area (Å²) in [6, 6.07) is 9.10. The highest BCUT2D eigenvalue weighted by atomic mass is 16.6. The number of hydrogen-bond donors (Lipinski definition) is 2. The van der Waals surface area contributed by atoms with Gasteiger partial charge in [0.15, 0.2) is 0 Å². The number of carbonyl (C=O) groups excluding carboxylic acids is 1. The zero-order chi connectivity index (χ0) is 15.6. The molecule has 0 aliphatic carbocycles. The fraction of sp³-hybridized carbons (Fsp3) is 0.438. The van der Waals surface area contributed by atoms with Gasteiger partial charge in [-0.3, -0.25) is 0 Å². The largest absolute Gasteiger partial charge is 0.443 e. The molecule has 2 aromatic rings. The summed E-state index contributed by atoms with van der Waals surface area (Å²) in [6.45, 7) is 5.36. The lowest BCUT2D eigenvalue weighted by Gasteiger charge is -2.21. The lowest BCUT2D eigenvalue weighted by Crippen LogP contribution is -2.31. The first kappa shape index (κ1) is 15.5. The molecule has 1 heterocycles. The fourth-order valence-electron chi connectivity index (χ4n) is 2.22. The second kappa shape index (κ2) is 5.87. The smallest absolute Gasteiger partial charge is 0.419 e. The van der Waals surface area contributed by atoms with E-state index in [0.29, 0.717) is 6.42 Å². The molecule has 0 aliphatic rings. The van der Waals surface area contributed by atoms with E-state index in [1.54, 1.807) is 0 Å². The highest BCUT2D eigenvalue weighted by Crippen LogP contribution is 2.22. The monoisotopic (exact) mass is 290 g/mol. The number of aliphatic hydroxyl groups excluding tert-OH is 1. The van der Waals surface area contributed by atoms with Crippen LogP contribution in [0.25, 0.3) is 10.9 Å². The zero-order valence-electron chi connectivity index (χ0n) is 12.7. The SMILES string of the molecule is CC(C)(C)OC(=O)n1c(C[C@H](N)CO)cc2ccccc21. The van der Waals surface area contributed by atoms with Gasteiger partial charge in [0, 0.05) is 23.5 Å². The van der Waals surface area contributed by atoms with Gasteiger partial charge < -0.3 is 15.6 Å². The summed E-state index contributed by atoms with van der Waals surface area (Å²) in [5.74, 6) is 0. The Bertz CT molecular complexity index is 640. The number of fused-ring (bicyclic) bond motifs is 1. The minimum Gasteiger partial charge on any atom is -0.443 e. The van der Waals surface area contributed by atoms with Crippen LogP contribution in [0.2, 0.25) is 0 Å². The van der Waals surface area contributed by atoms with Crippen LogP contribution in [0, 0.1) is 0 Å². The molecule has 1 aromatic carbocycles. The Morgan fingerprint density at radius 1 is 1.38 bits per heavy atom. The van der Waals surface area contributed by atoms with E-state index in [4.69, 9.17) is 15.6 Å². The van der Waals surface area contributed by atoms with Crippen LogP contribution < -0.4 is 5.73 Å². The van der Waals surface area contributed by atoms with Crippen molar-refractivity contribution in [3.8, 4) is 0 Å². The molecule has 5 heteroatoms. The van der Waals surface area contributed by atoms with E-state index in [1.165, 1.54) is 4.57 Å². The van der Waals surface area contributed by atoms with Crippen LogP contribution in [0.1, 0.15) is 26.5 Å². The number of carbonyl (C=O) groups is 1. The predicted molar refractivity (Wildman–Crippen MR) is 82.3 cm³/mol. The maximum Gasteiger partial charge on any atom is 0.419 e. The third-order valence-electron chi connectivity index (χ3n) is 3.07. The maximum atomic E-state index is 12.5. The molecule has 1 aromatic heterocycles. The summed E-state index contributed by atoms with van der Waals surface area (Å²) >= 11 is 0. The van der Waals surface area contributed by atoms with Crippen molar-refractivity contribution in [2.24, 2.45) is 5.73 Å². The van der Waals surface area contributed by atoms with Gasteiger partial charge in [0.05, 0.1) is 12.1 Å². The quantitative estimate of drug-likeness (QED) is 0.909. The highest BCUT2D eigenvalue weighted by molar-refractivity contribution is 5.91. The van der Waals surface area contributed by atoms with E-state index in [9.17, 15) is 4.79 Å². The Balaban J connectivity index is 2.47. The minimum atomic E-state index is -0.571. The van der Waals surface area contributed by atoms with Gasteiger partial charge in [-0.25, -0.2) is 9.36 Å². The minimum absolute atomic E-state index is 0.129. The van der Waals surface area contributed by atoms with Crippen molar-refractivity contribution in [1.82, 2.24) is 4.57 Å². The molecule has 3 N–H and O–H groups in total. The topological polar surface area (TPSA) is 77.5 Å². The van der Waals surface area contributed by atoms with E-state index < -0.39 is 17.7 Å². The average molecular weight is 290 g/mol. The summed E-state index contributed by atoms with van der Waals surface area (Å²) in [5.41, 5.74) is 6.76. The Morgan fingerprint density at radius 3 is 2.67 bits per heavy atom. The van der Waals surface area contributed by atoms with Crippen molar-refractivity contribution in [3.63, 3.8) is 0 Å². The van der Waals surface area contributed by atoms with E-state index in [1.807, 2.05) is 51.1 Å². The van der Waals surface area contributed by atoms with Crippen LogP contribution in [0.4, 0.5) is 4.79 Å². The second-order valence-corrected chi connectivity index (χ2v) is 6.16.